The van der Waals surface area contributed by atoms with Gasteiger partial charge in [0.1, 0.15) is 12.4 Å². The summed E-state index contributed by atoms with van der Waals surface area (Å²) < 4.78 is 5.78. The van der Waals surface area contributed by atoms with Crippen LogP contribution in [0.2, 0.25) is 5.02 Å². The fraction of sp³-hybridized carbons (Fsp3) is 0.400. The van der Waals surface area contributed by atoms with E-state index in [1.165, 1.54) is 0 Å². The van der Waals surface area contributed by atoms with Crippen LogP contribution < -0.4 is 15.4 Å². The largest absolute Gasteiger partial charge is 0.492 e. The molecule has 3 rings (SSSR count). The van der Waals surface area contributed by atoms with Crippen molar-refractivity contribution in [1.29, 1.82) is 0 Å². The van der Waals surface area contributed by atoms with Gasteiger partial charge in [-0.25, -0.2) is 0 Å². The van der Waals surface area contributed by atoms with Crippen molar-refractivity contribution in [1.82, 2.24) is 15.6 Å². The number of aromatic nitrogens is 1. The minimum Gasteiger partial charge on any atom is -0.492 e. The summed E-state index contributed by atoms with van der Waals surface area (Å²) in [4.78, 5) is 17.6. The predicted molar refractivity (Wildman–Crippen MR) is 117 cm³/mol. The molecule has 5 nitrogen and oxygen atoms in total. The van der Waals surface area contributed by atoms with Crippen LogP contribution in [-0.2, 0) is 12.3 Å². The number of benzene rings is 1. The molecule has 0 fully saturated rings. The number of carbonyl (C=O) groups excluding carboxylic acids is 1. The average Bonchev–Trinajstić information content (AvgIpc) is 2.85. The van der Waals surface area contributed by atoms with Crippen molar-refractivity contribution in [2.75, 3.05) is 13.2 Å². The van der Waals surface area contributed by atoms with Crippen LogP contribution in [0.3, 0.4) is 0 Å². The van der Waals surface area contributed by atoms with Gasteiger partial charge in [0.15, 0.2) is 0 Å². The number of nitrogens with zero attached hydrogens (tertiary/aromatic N) is 1. The topological polar surface area (TPSA) is 63.2 Å². The molecule has 0 saturated carbocycles. The van der Waals surface area contributed by atoms with E-state index in [9.17, 15) is 4.79 Å². The molecule has 2 N–H and O–H groups in total. The molecule has 0 saturated heterocycles. The normalized spacial score (nSPS) is 13.6. The summed E-state index contributed by atoms with van der Waals surface area (Å²) in [5, 5.41) is 7.00. The van der Waals surface area contributed by atoms with E-state index in [1.54, 1.807) is 18.0 Å². The van der Waals surface area contributed by atoms with E-state index in [0.717, 1.165) is 35.0 Å². The molecule has 2 heterocycles. The van der Waals surface area contributed by atoms with E-state index in [1.807, 2.05) is 45.0 Å². The number of hydrogen-bond acceptors (Lipinski definition) is 5. The Hall–Kier alpha value is -1.47. The standard InChI is InChI=1S/C20H24ClN3O2S.ClH/c1-20(2,3)24-19(25)13-4-5-14(23-10-13)12-27-18-15-11-22-8-9-26-17(15)7-6-16(18)21;/h4-7,10,22H,8-9,11-12H2,1-3H3,(H,24,25);1H. The SMILES string of the molecule is CC(C)(C)NC(=O)c1ccc(CSc2c(Cl)ccc3c2CNCCO3)nc1.Cl. The van der Waals surface area contributed by atoms with Crippen molar-refractivity contribution < 1.29 is 9.53 Å². The van der Waals surface area contributed by atoms with E-state index < -0.39 is 0 Å². The smallest absolute Gasteiger partial charge is 0.253 e. The lowest BCUT2D eigenvalue weighted by Gasteiger charge is -2.20. The summed E-state index contributed by atoms with van der Waals surface area (Å²) in [5.74, 6) is 1.43. The molecule has 8 heteroatoms. The highest BCUT2D eigenvalue weighted by molar-refractivity contribution is 7.98. The van der Waals surface area contributed by atoms with Gasteiger partial charge in [0, 0.05) is 41.0 Å². The molecule has 1 aromatic heterocycles. The molecule has 0 unspecified atom stereocenters. The zero-order valence-corrected chi connectivity index (χ0v) is 18.6. The van der Waals surface area contributed by atoms with Crippen LogP contribution in [0, 0.1) is 0 Å². The maximum absolute atomic E-state index is 12.2. The molecule has 1 aliphatic rings. The second-order valence-corrected chi connectivity index (χ2v) is 8.80. The Bertz CT molecular complexity index is 823. The monoisotopic (exact) mass is 441 g/mol. The van der Waals surface area contributed by atoms with E-state index >= 15 is 0 Å². The number of rotatable bonds is 4. The number of fused-ring (bicyclic) bond motifs is 1. The zero-order valence-electron chi connectivity index (χ0n) is 16.2. The molecular formula is C20H25Cl2N3O2S. The first-order chi connectivity index (χ1) is 12.8. The highest BCUT2D eigenvalue weighted by atomic mass is 35.5. The molecule has 1 amide bonds. The molecule has 0 atom stereocenters. The van der Waals surface area contributed by atoms with Crippen LogP contribution in [0.5, 0.6) is 5.75 Å². The molecule has 28 heavy (non-hydrogen) atoms. The van der Waals surface area contributed by atoms with Gasteiger partial charge in [0.2, 0.25) is 0 Å². The van der Waals surface area contributed by atoms with Gasteiger partial charge in [0.25, 0.3) is 5.91 Å². The number of thioether (sulfide) groups is 1. The second kappa shape index (κ2) is 9.83. The molecule has 0 bridgehead atoms. The molecule has 2 aromatic rings. The Morgan fingerprint density at radius 1 is 1.32 bits per heavy atom. The van der Waals surface area contributed by atoms with Crippen LogP contribution in [0.15, 0.2) is 35.4 Å². The van der Waals surface area contributed by atoms with Crippen molar-refractivity contribution in [2.45, 2.75) is 43.5 Å². The summed E-state index contributed by atoms with van der Waals surface area (Å²) >= 11 is 8.06. The Balaban J connectivity index is 0.00000280. The minimum absolute atomic E-state index is 0. The van der Waals surface area contributed by atoms with Crippen LogP contribution in [0.1, 0.15) is 42.4 Å². The first-order valence-corrected chi connectivity index (χ1v) is 10.2. The van der Waals surface area contributed by atoms with Gasteiger partial charge < -0.3 is 15.4 Å². The Morgan fingerprint density at radius 2 is 2.11 bits per heavy atom. The minimum atomic E-state index is -0.274. The van der Waals surface area contributed by atoms with Crippen LogP contribution >= 0.6 is 35.8 Å². The lowest BCUT2D eigenvalue weighted by Crippen LogP contribution is -2.40. The third kappa shape index (κ3) is 6.01. The Kier molecular flexibility index (Phi) is 8.01. The van der Waals surface area contributed by atoms with Crippen molar-refractivity contribution in [3.63, 3.8) is 0 Å². The van der Waals surface area contributed by atoms with Crippen LogP contribution in [0.4, 0.5) is 0 Å². The summed E-state index contributed by atoms with van der Waals surface area (Å²) in [6.45, 7) is 8.06. The fourth-order valence-corrected chi connectivity index (χ4v) is 4.05. The lowest BCUT2D eigenvalue weighted by atomic mass is 10.1. The van der Waals surface area contributed by atoms with Gasteiger partial charge in [-0.05, 0) is 45.0 Å². The van der Waals surface area contributed by atoms with Gasteiger partial charge in [-0.15, -0.1) is 24.2 Å². The van der Waals surface area contributed by atoms with E-state index in [4.69, 9.17) is 16.3 Å². The van der Waals surface area contributed by atoms with Crippen molar-refractivity contribution in [2.24, 2.45) is 0 Å². The highest BCUT2D eigenvalue weighted by Crippen LogP contribution is 2.38. The van der Waals surface area contributed by atoms with E-state index in [0.29, 0.717) is 22.9 Å². The Morgan fingerprint density at radius 3 is 2.79 bits per heavy atom. The highest BCUT2D eigenvalue weighted by Gasteiger charge is 2.18. The molecule has 0 spiro atoms. The van der Waals surface area contributed by atoms with Gasteiger partial charge in [-0.1, -0.05) is 11.6 Å². The zero-order chi connectivity index (χ0) is 19.4. The fourth-order valence-electron chi connectivity index (χ4n) is 2.69. The molecule has 0 aliphatic carbocycles. The molecular weight excluding hydrogens is 417 g/mol. The maximum Gasteiger partial charge on any atom is 0.253 e. The number of halogens is 2. The second-order valence-electron chi connectivity index (χ2n) is 7.41. The number of hydrogen-bond donors (Lipinski definition) is 2. The van der Waals surface area contributed by atoms with Crippen LogP contribution in [-0.4, -0.2) is 29.6 Å². The van der Waals surface area contributed by atoms with Gasteiger partial charge >= 0.3 is 0 Å². The third-order valence-electron chi connectivity index (χ3n) is 3.95. The number of pyridine rings is 1. The average molecular weight is 442 g/mol. The quantitative estimate of drug-likeness (QED) is 0.685. The number of carbonyl (C=O) groups is 1. The predicted octanol–water partition coefficient (Wildman–Crippen LogP) is 4.46. The summed E-state index contributed by atoms with van der Waals surface area (Å²) in [5.41, 5.74) is 2.27. The van der Waals surface area contributed by atoms with Gasteiger partial charge in [0.05, 0.1) is 16.3 Å². The van der Waals surface area contributed by atoms with Gasteiger partial charge in [-0.3, -0.25) is 9.78 Å². The van der Waals surface area contributed by atoms with Crippen molar-refractivity contribution in [3.05, 3.63) is 52.3 Å². The van der Waals surface area contributed by atoms with Crippen molar-refractivity contribution >= 4 is 41.7 Å². The number of nitrogens with one attached hydrogen (secondary N) is 2. The Labute approximate surface area is 181 Å². The third-order valence-corrected chi connectivity index (χ3v) is 5.57. The first-order valence-electron chi connectivity index (χ1n) is 8.88. The maximum atomic E-state index is 12.2. The van der Waals surface area contributed by atoms with Crippen LogP contribution in [0.25, 0.3) is 0 Å². The molecule has 152 valence electrons. The first kappa shape index (κ1) is 22.8. The van der Waals surface area contributed by atoms with Crippen molar-refractivity contribution in [3.8, 4) is 5.75 Å². The van der Waals surface area contributed by atoms with E-state index in [2.05, 4.69) is 15.6 Å². The lowest BCUT2D eigenvalue weighted by molar-refractivity contribution is 0.0919. The summed E-state index contributed by atoms with van der Waals surface area (Å²) in [7, 11) is 0. The number of ether oxygens (including phenoxy) is 1. The van der Waals surface area contributed by atoms with Gasteiger partial charge in [-0.2, -0.15) is 0 Å². The van der Waals surface area contributed by atoms with E-state index in [-0.39, 0.29) is 23.9 Å². The summed E-state index contributed by atoms with van der Waals surface area (Å²) in [6.07, 6.45) is 1.62. The number of amides is 1. The molecule has 0 radical (unpaired) electrons. The molecule has 1 aromatic carbocycles. The molecule has 1 aliphatic heterocycles. The summed E-state index contributed by atoms with van der Waals surface area (Å²) in [6, 6.07) is 7.49.